The van der Waals surface area contributed by atoms with Crippen molar-refractivity contribution >= 4 is 16.6 Å². The molecule has 0 aliphatic rings. The maximum Gasteiger partial charge on any atom is 0.145 e. The van der Waals surface area contributed by atoms with Gasteiger partial charge < -0.3 is 24.7 Å². The number of pyridine rings is 1. The number of hydrogen-bond acceptors (Lipinski definition) is 6. The van der Waals surface area contributed by atoms with E-state index >= 15 is 0 Å². The molecular weight excluding hydrogens is 344 g/mol. The van der Waals surface area contributed by atoms with Crippen molar-refractivity contribution in [2.45, 2.75) is 0 Å². The number of nitrogens with two attached hydrogens (primary N) is 1. The first-order chi connectivity index (χ1) is 13.3. The summed E-state index contributed by atoms with van der Waals surface area (Å²) >= 11 is 0. The average molecular weight is 368 g/mol. The quantitative estimate of drug-likeness (QED) is 0.413. The highest BCUT2D eigenvalue weighted by molar-refractivity contribution is 5.84. The molecule has 0 amide bonds. The van der Waals surface area contributed by atoms with Crippen molar-refractivity contribution in [3.63, 3.8) is 0 Å². The van der Waals surface area contributed by atoms with Crippen LogP contribution in [0, 0.1) is 0 Å². The highest BCUT2D eigenvalue weighted by Gasteiger charge is 2.02. The molecule has 3 aromatic rings. The van der Waals surface area contributed by atoms with Gasteiger partial charge in [-0.3, -0.25) is 4.98 Å². The van der Waals surface area contributed by atoms with Gasteiger partial charge in [0.15, 0.2) is 0 Å². The van der Waals surface area contributed by atoms with Crippen molar-refractivity contribution in [3.8, 4) is 11.5 Å². The fourth-order valence-corrected chi connectivity index (χ4v) is 2.55. The minimum absolute atomic E-state index is 0.450. The first kappa shape index (κ1) is 18.9. The van der Waals surface area contributed by atoms with Gasteiger partial charge in [0.2, 0.25) is 0 Å². The zero-order valence-electron chi connectivity index (χ0n) is 15.2. The van der Waals surface area contributed by atoms with Gasteiger partial charge in [-0.25, -0.2) is 0 Å². The molecule has 1 aromatic heterocycles. The summed E-state index contributed by atoms with van der Waals surface area (Å²) in [5, 5.41) is 1.06. The Balaban J connectivity index is 1.23. The Morgan fingerprint density at radius 1 is 0.667 bits per heavy atom. The zero-order valence-corrected chi connectivity index (χ0v) is 15.2. The van der Waals surface area contributed by atoms with Gasteiger partial charge in [0, 0.05) is 11.6 Å². The lowest BCUT2D eigenvalue weighted by molar-refractivity contribution is 0.0275. The third kappa shape index (κ3) is 5.84. The number of fused-ring (bicyclic) bond motifs is 1. The lowest BCUT2D eigenvalue weighted by Gasteiger charge is -2.10. The maximum absolute atomic E-state index is 5.80. The van der Waals surface area contributed by atoms with E-state index in [9.17, 15) is 0 Å². The van der Waals surface area contributed by atoms with E-state index in [-0.39, 0.29) is 0 Å². The van der Waals surface area contributed by atoms with E-state index in [1.54, 1.807) is 12.3 Å². The van der Waals surface area contributed by atoms with Crippen LogP contribution >= 0.6 is 0 Å². The van der Waals surface area contributed by atoms with Crippen molar-refractivity contribution in [2.75, 3.05) is 45.4 Å². The maximum atomic E-state index is 5.80. The topological polar surface area (TPSA) is 75.8 Å². The largest absolute Gasteiger partial charge is 0.489 e. The fourth-order valence-electron chi connectivity index (χ4n) is 2.55. The summed E-state index contributed by atoms with van der Waals surface area (Å²) in [5.74, 6) is 1.45. The Morgan fingerprint density at radius 2 is 1.30 bits per heavy atom. The third-order valence-corrected chi connectivity index (χ3v) is 3.86. The van der Waals surface area contributed by atoms with Gasteiger partial charge in [0.05, 0.1) is 32.1 Å². The Hall–Kier alpha value is -2.83. The minimum Gasteiger partial charge on any atom is -0.489 e. The van der Waals surface area contributed by atoms with Crippen molar-refractivity contribution in [1.82, 2.24) is 4.98 Å². The molecule has 0 bridgehead atoms. The van der Waals surface area contributed by atoms with E-state index in [4.69, 9.17) is 24.7 Å². The van der Waals surface area contributed by atoms with Gasteiger partial charge in [-0.1, -0.05) is 30.3 Å². The Labute approximate surface area is 158 Å². The van der Waals surface area contributed by atoms with Crippen molar-refractivity contribution in [1.29, 1.82) is 0 Å². The van der Waals surface area contributed by atoms with Crippen LogP contribution in [0.1, 0.15) is 0 Å². The number of rotatable bonds is 11. The van der Waals surface area contributed by atoms with Gasteiger partial charge in [-0.05, 0) is 24.3 Å². The molecule has 0 atom stereocenters. The second-order valence-electron chi connectivity index (χ2n) is 5.79. The monoisotopic (exact) mass is 368 g/mol. The molecule has 142 valence electrons. The van der Waals surface area contributed by atoms with Crippen LogP contribution in [0.5, 0.6) is 11.5 Å². The molecule has 3 rings (SSSR count). The summed E-state index contributed by atoms with van der Waals surface area (Å²) in [4.78, 5) is 4.36. The molecule has 0 unspecified atom stereocenters. The van der Waals surface area contributed by atoms with Gasteiger partial charge in [0.25, 0.3) is 0 Å². The molecule has 0 radical (unpaired) electrons. The molecule has 0 aliphatic heterocycles. The average Bonchev–Trinajstić information content (AvgIpc) is 2.71. The van der Waals surface area contributed by atoms with E-state index < -0.39 is 0 Å². The van der Waals surface area contributed by atoms with E-state index in [2.05, 4.69) is 4.98 Å². The van der Waals surface area contributed by atoms with E-state index in [0.29, 0.717) is 51.1 Å². The lowest BCUT2D eigenvalue weighted by Crippen LogP contribution is -2.13. The number of anilines is 1. The van der Waals surface area contributed by atoms with E-state index in [1.165, 1.54) is 0 Å². The second-order valence-corrected chi connectivity index (χ2v) is 5.79. The summed E-state index contributed by atoms with van der Waals surface area (Å²) in [7, 11) is 0. The molecule has 1 heterocycles. The van der Waals surface area contributed by atoms with Crippen LogP contribution in [-0.4, -0.2) is 44.6 Å². The summed E-state index contributed by atoms with van der Waals surface area (Å²) in [6, 6.07) is 17.2. The van der Waals surface area contributed by atoms with Crippen LogP contribution in [0.3, 0.4) is 0 Å². The SMILES string of the molecule is Nc1ccccc1OCCOCCOCCOc1cccc2cccnc12. The number of para-hydroxylation sites is 3. The zero-order chi connectivity index (χ0) is 18.7. The van der Waals surface area contributed by atoms with Crippen LogP contribution in [0.15, 0.2) is 60.8 Å². The molecular formula is C21H24N2O4. The van der Waals surface area contributed by atoms with Crippen LogP contribution in [0.2, 0.25) is 0 Å². The highest BCUT2D eigenvalue weighted by Crippen LogP contribution is 2.22. The van der Waals surface area contributed by atoms with Crippen LogP contribution in [-0.2, 0) is 9.47 Å². The summed E-state index contributed by atoms with van der Waals surface area (Å²) in [5.41, 5.74) is 7.29. The highest BCUT2D eigenvalue weighted by atomic mass is 16.6. The van der Waals surface area contributed by atoms with Gasteiger partial charge >= 0.3 is 0 Å². The molecule has 0 saturated heterocycles. The first-order valence-corrected chi connectivity index (χ1v) is 8.94. The van der Waals surface area contributed by atoms with Gasteiger partial charge in [-0.15, -0.1) is 0 Å². The molecule has 0 saturated carbocycles. The molecule has 6 nitrogen and oxygen atoms in total. The number of benzene rings is 2. The molecule has 0 aliphatic carbocycles. The summed E-state index contributed by atoms with van der Waals surface area (Å²) in [6.45, 7) is 2.89. The van der Waals surface area contributed by atoms with Crippen molar-refractivity contribution in [3.05, 3.63) is 60.8 Å². The fraction of sp³-hybridized carbons (Fsp3) is 0.286. The minimum atomic E-state index is 0.450. The van der Waals surface area contributed by atoms with Gasteiger partial charge in [-0.2, -0.15) is 0 Å². The normalized spacial score (nSPS) is 10.8. The molecule has 0 spiro atoms. The standard InChI is InChI=1S/C21H24N2O4/c22-18-7-1-2-8-19(18)26-15-13-24-11-12-25-14-16-27-20-9-3-5-17-6-4-10-23-21(17)20/h1-10H,11-16,22H2. The predicted molar refractivity (Wildman–Crippen MR) is 105 cm³/mol. The molecule has 2 N–H and O–H groups in total. The van der Waals surface area contributed by atoms with Crippen LogP contribution in [0.4, 0.5) is 5.69 Å². The smallest absolute Gasteiger partial charge is 0.145 e. The van der Waals surface area contributed by atoms with Crippen molar-refractivity contribution in [2.24, 2.45) is 0 Å². The molecule has 6 heteroatoms. The van der Waals surface area contributed by atoms with E-state index in [0.717, 1.165) is 16.7 Å². The Kier molecular flexibility index (Phi) is 7.26. The third-order valence-electron chi connectivity index (χ3n) is 3.86. The van der Waals surface area contributed by atoms with Crippen molar-refractivity contribution < 1.29 is 18.9 Å². The second kappa shape index (κ2) is 10.4. The molecule has 2 aromatic carbocycles. The molecule has 27 heavy (non-hydrogen) atoms. The number of hydrogen-bond donors (Lipinski definition) is 1. The van der Waals surface area contributed by atoms with Gasteiger partial charge in [0.1, 0.15) is 30.2 Å². The van der Waals surface area contributed by atoms with Crippen LogP contribution in [0.25, 0.3) is 10.9 Å². The Morgan fingerprint density at radius 3 is 2.07 bits per heavy atom. The van der Waals surface area contributed by atoms with Crippen LogP contribution < -0.4 is 15.2 Å². The number of nitrogens with zero attached hydrogens (tertiary/aromatic N) is 1. The number of nitrogen functional groups attached to an aromatic ring is 1. The lowest BCUT2D eigenvalue weighted by atomic mass is 10.2. The summed E-state index contributed by atoms with van der Waals surface area (Å²) < 4.78 is 22.3. The summed E-state index contributed by atoms with van der Waals surface area (Å²) in [6.07, 6.45) is 1.76. The Bertz CT molecular complexity index is 836. The first-order valence-electron chi connectivity index (χ1n) is 8.94. The number of ether oxygens (including phenoxy) is 4. The predicted octanol–water partition coefficient (Wildman–Crippen LogP) is 3.31. The van der Waals surface area contributed by atoms with E-state index in [1.807, 2.05) is 48.5 Å². The number of aromatic nitrogens is 1. The molecule has 0 fully saturated rings.